The van der Waals surface area contributed by atoms with Crippen molar-refractivity contribution in [1.82, 2.24) is 0 Å². The number of hydrogen-bond donors (Lipinski definition) is 0. The topological polar surface area (TPSA) is 29.5 Å². The van der Waals surface area contributed by atoms with Crippen molar-refractivity contribution in [3.63, 3.8) is 0 Å². The Morgan fingerprint density at radius 1 is 1.38 bits per heavy atom. The summed E-state index contributed by atoms with van der Waals surface area (Å²) >= 11 is 6.28. The predicted octanol–water partition coefficient (Wildman–Crippen LogP) is 3.55. The van der Waals surface area contributed by atoms with Crippen LogP contribution in [0.4, 0.5) is 14.5 Å². The summed E-state index contributed by atoms with van der Waals surface area (Å²) in [6.07, 6.45) is -0.771. The van der Waals surface area contributed by atoms with E-state index in [0.29, 0.717) is 19.3 Å². The molecular weight excluding hydrogens is 300 g/mol. The zero-order valence-corrected chi connectivity index (χ0v) is 12.6. The van der Waals surface area contributed by atoms with Crippen LogP contribution in [0, 0.1) is 0 Å². The molecule has 1 aromatic rings. The second-order valence-electron chi connectivity index (χ2n) is 5.06. The van der Waals surface area contributed by atoms with Crippen LogP contribution in [0.3, 0.4) is 0 Å². The summed E-state index contributed by atoms with van der Waals surface area (Å²) in [5, 5.41) is -0.282. The Morgan fingerprint density at radius 2 is 2.14 bits per heavy atom. The Labute approximate surface area is 127 Å². The number of benzene rings is 1. The molecule has 1 aliphatic heterocycles. The van der Waals surface area contributed by atoms with Crippen molar-refractivity contribution in [3.05, 3.63) is 29.3 Å². The van der Waals surface area contributed by atoms with E-state index in [1.54, 1.807) is 11.9 Å². The first kappa shape index (κ1) is 16.2. The van der Waals surface area contributed by atoms with E-state index in [-0.39, 0.29) is 17.9 Å². The van der Waals surface area contributed by atoms with E-state index < -0.39 is 13.0 Å². The lowest BCUT2D eigenvalue weighted by Crippen LogP contribution is -2.31. The molecule has 0 saturated heterocycles. The third kappa shape index (κ3) is 4.14. The Hall–Kier alpha value is -1.20. The van der Waals surface area contributed by atoms with Gasteiger partial charge in [-0.1, -0.05) is 12.1 Å². The molecule has 0 bridgehead atoms. The second kappa shape index (κ2) is 7.18. The van der Waals surface area contributed by atoms with E-state index in [2.05, 4.69) is 0 Å². The maximum Gasteiger partial charge on any atom is 0.261 e. The lowest BCUT2D eigenvalue weighted by atomic mass is 9.97. The molecule has 116 valence electrons. The maximum absolute atomic E-state index is 11.9. The fraction of sp³-hybridized carbons (Fsp3) is 0.533. The first-order chi connectivity index (χ1) is 9.99. The Bertz CT molecular complexity index is 510. The highest BCUT2D eigenvalue weighted by molar-refractivity contribution is 6.20. The number of fused-ring (bicyclic) bond motifs is 1. The summed E-state index contributed by atoms with van der Waals surface area (Å²) in [7, 11) is 1.76. The second-order valence-corrected chi connectivity index (χ2v) is 5.59. The summed E-state index contributed by atoms with van der Waals surface area (Å²) in [6.45, 7) is -0.352. The van der Waals surface area contributed by atoms with Gasteiger partial charge in [0, 0.05) is 25.8 Å². The lowest BCUT2D eigenvalue weighted by Gasteiger charge is -2.26. The fourth-order valence-electron chi connectivity index (χ4n) is 2.40. The number of ether oxygens (including phenoxy) is 1. The van der Waals surface area contributed by atoms with E-state index in [1.807, 2.05) is 18.2 Å². The molecule has 0 radical (unpaired) electrons. The third-order valence-corrected chi connectivity index (χ3v) is 4.04. The van der Waals surface area contributed by atoms with E-state index in [9.17, 15) is 13.6 Å². The summed E-state index contributed by atoms with van der Waals surface area (Å²) in [4.78, 5) is 13.3. The van der Waals surface area contributed by atoms with Crippen LogP contribution in [0.2, 0.25) is 0 Å². The van der Waals surface area contributed by atoms with Gasteiger partial charge in [-0.25, -0.2) is 8.78 Å². The number of anilines is 1. The van der Waals surface area contributed by atoms with Crippen molar-refractivity contribution in [2.24, 2.45) is 0 Å². The largest absolute Gasteiger partial charge is 0.375 e. The minimum absolute atomic E-state index is 0.109. The zero-order valence-electron chi connectivity index (χ0n) is 11.8. The smallest absolute Gasteiger partial charge is 0.261 e. The summed E-state index contributed by atoms with van der Waals surface area (Å²) in [6, 6.07) is 5.75. The predicted molar refractivity (Wildman–Crippen MR) is 78.2 cm³/mol. The van der Waals surface area contributed by atoms with Crippen molar-refractivity contribution in [2.75, 3.05) is 25.2 Å². The van der Waals surface area contributed by atoms with Gasteiger partial charge in [-0.05, 0) is 30.0 Å². The molecule has 21 heavy (non-hydrogen) atoms. The summed E-state index contributed by atoms with van der Waals surface area (Å²) < 4.78 is 28.7. The van der Waals surface area contributed by atoms with Gasteiger partial charge in [0.2, 0.25) is 5.91 Å². The van der Waals surface area contributed by atoms with Gasteiger partial charge >= 0.3 is 0 Å². The van der Waals surface area contributed by atoms with Crippen LogP contribution in [0.5, 0.6) is 0 Å². The molecule has 0 aromatic heterocycles. The van der Waals surface area contributed by atoms with E-state index in [1.165, 1.54) is 0 Å². The monoisotopic (exact) mass is 317 g/mol. The fourth-order valence-corrected chi connectivity index (χ4v) is 2.62. The van der Waals surface area contributed by atoms with Gasteiger partial charge in [-0.3, -0.25) is 4.79 Å². The highest BCUT2D eigenvalue weighted by Crippen LogP contribution is 2.32. The van der Waals surface area contributed by atoms with E-state index in [0.717, 1.165) is 16.8 Å². The number of carbonyl (C=O) groups excluding carboxylic acids is 1. The molecule has 0 N–H and O–H groups in total. The summed E-state index contributed by atoms with van der Waals surface area (Å²) in [5.41, 5.74) is 2.93. The molecule has 1 heterocycles. The van der Waals surface area contributed by atoms with Crippen molar-refractivity contribution >= 4 is 23.2 Å². The number of hydrogen-bond acceptors (Lipinski definition) is 2. The molecule has 1 atom stereocenters. The first-order valence-corrected chi connectivity index (χ1v) is 7.32. The normalized spacial score (nSPS) is 16.2. The van der Waals surface area contributed by atoms with Crippen molar-refractivity contribution in [3.8, 4) is 0 Å². The number of rotatable bonds is 6. The average Bonchev–Trinajstić information content (AvgIpc) is 2.46. The van der Waals surface area contributed by atoms with Crippen LogP contribution in [0.25, 0.3) is 0 Å². The standard InChI is InChI=1S/C15H18ClF2NO2/c1-19-13-4-2-10(8-11(13)3-5-15(19)20)12(16)6-7-21-9-14(17)18/h2,4,8,12,14H,3,5-7,9H2,1H3. The molecule has 2 rings (SSSR count). The number of halogens is 3. The highest BCUT2D eigenvalue weighted by atomic mass is 35.5. The first-order valence-electron chi connectivity index (χ1n) is 6.88. The molecule has 0 saturated carbocycles. The molecule has 3 nitrogen and oxygen atoms in total. The lowest BCUT2D eigenvalue weighted by molar-refractivity contribution is -0.118. The Balaban J connectivity index is 1.96. The average molecular weight is 318 g/mol. The Morgan fingerprint density at radius 3 is 2.86 bits per heavy atom. The van der Waals surface area contributed by atoms with Gasteiger partial charge in [0.1, 0.15) is 6.61 Å². The quantitative estimate of drug-likeness (QED) is 0.593. The molecule has 0 fully saturated rings. The van der Waals surface area contributed by atoms with Gasteiger partial charge in [0.25, 0.3) is 6.43 Å². The van der Waals surface area contributed by atoms with Gasteiger partial charge in [0.15, 0.2) is 0 Å². The van der Waals surface area contributed by atoms with E-state index >= 15 is 0 Å². The van der Waals surface area contributed by atoms with Crippen molar-refractivity contribution in [1.29, 1.82) is 0 Å². The SMILES string of the molecule is CN1C(=O)CCc2cc(C(Cl)CCOCC(F)F)ccc21. The van der Waals surface area contributed by atoms with Crippen LogP contribution in [-0.4, -0.2) is 32.6 Å². The molecular formula is C15H18ClF2NO2. The van der Waals surface area contributed by atoms with Gasteiger partial charge in [-0.15, -0.1) is 11.6 Å². The zero-order chi connectivity index (χ0) is 15.4. The van der Waals surface area contributed by atoms with E-state index in [4.69, 9.17) is 16.3 Å². The van der Waals surface area contributed by atoms with Gasteiger partial charge < -0.3 is 9.64 Å². The maximum atomic E-state index is 11.9. The van der Waals surface area contributed by atoms with Crippen LogP contribution in [-0.2, 0) is 16.0 Å². The van der Waals surface area contributed by atoms with Crippen LogP contribution < -0.4 is 4.90 Å². The molecule has 6 heteroatoms. The number of alkyl halides is 3. The van der Waals surface area contributed by atoms with Crippen molar-refractivity contribution in [2.45, 2.75) is 31.1 Å². The number of nitrogens with zero attached hydrogens (tertiary/aromatic N) is 1. The third-order valence-electron chi connectivity index (χ3n) is 3.57. The molecule has 1 aliphatic rings. The molecule has 0 spiro atoms. The number of carbonyl (C=O) groups is 1. The minimum atomic E-state index is -2.45. The molecule has 1 aromatic carbocycles. The molecule has 1 unspecified atom stereocenters. The number of amides is 1. The van der Waals surface area contributed by atoms with Crippen LogP contribution in [0.1, 0.15) is 29.3 Å². The molecule has 0 aliphatic carbocycles. The van der Waals surface area contributed by atoms with Gasteiger partial charge in [0.05, 0.1) is 5.38 Å². The Kier molecular flexibility index (Phi) is 5.53. The summed E-state index contributed by atoms with van der Waals surface area (Å²) in [5.74, 6) is 0.109. The van der Waals surface area contributed by atoms with Crippen LogP contribution >= 0.6 is 11.6 Å². The minimum Gasteiger partial charge on any atom is -0.375 e. The van der Waals surface area contributed by atoms with Crippen molar-refractivity contribution < 1.29 is 18.3 Å². The molecule has 1 amide bonds. The highest BCUT2D eigenvalue weighted by Gasteiger charge is 2.21. The van der Waals surface area contributed by atoms with Gasteiger partial charge in [-0.2, -0.15) is 0 Å². The number of aryl methyl sites for hydroxylation is 1. The van der Waals surface area contributed by atoms with Crippen LogP contribution in [0.15, 0.2) is 18.2 Å².